The van der Waals surface area contributed by atoms with Crippen molar-refractivity contribution in [2.45, 2.75) is 13.0 Å². The first-order valence-corrected chi connectivity index (χ1v) is 8.49. The minimum absolute atomic E-state index is 0.0179. The third kappa shape index (κ3) is 5.05. The molecular weight excluding hydrogens is 316 g/mol. The largest absolute Gasteiger partial charge is 0.484 e. The minimum Gasteiger partial charge on any atom is -0.484 e. The lowest BCUT2D eigenvalue weighted by molar-refractivity contribution is -0.118. The lowest BCUT2D eigenvalue weighted by atomic mass is 10.1. The monoisotopic (exact) mass is 340 g/mol. The predicted molar refractivity (Wildman–Crippen MR) is 97.9 cm³/mol. The molecule has 1 saturated heterocycles. The maximum atomic E-state index is 12.1. The molecule has 3 rings (SSSR count). The topological polar surface area (TPSA) is 50.8 Å². The first-order valence-electron chi connectivity index (χ1n) is 8.49. The molecule has 0 saturated carbocycles. The molecule has 0 bridgehead atoms. The van der Waals surface area contributed by atoms with Crippen LogP contribution >= 0.6 is 0 Å². The number of amides is 1. The van der Waals surface area contributed by atoms with Crippen molar-refractivity contribution in [1.82, 2.24) is 4.90 Å². The number of morpholine rings is 1. The number of nitrogens with zero attached hydrogens (tertiary/aromatic N) is 1. The van der Waals surface area contributed by atoms with Crippen molar-refractivity contribution in [3.63, 3.8) is 0 Å². The zero-order valence-corrected chi connectivity index (χ0v) is 14.7. The molecular formula is C20H24N2O3. The molecule has 1 heterocycles. The highest BCUT2D eigenvalue weighted by Crippen LogP contribution is 2.24. The summed E-state index contributed by atoms with van der Waals surface area (Å²) in [6.07, 6.45) is 0.0411. The van der Waals surface area contributed by atoms with Crippen molar-refractivity contribution in [2.75, 3.05) is 38.7 Å². The molecule has 2 aromatic rings. The number of likely N-dealkylation sites (N-methyl/N-ethyl adjacent to an activating group) is 1. The average molecular weight is 340 g/mol. The molecule has 0 spiro atoms. The van der Waals surface area contributed by atoms with Crippen LogP contribution in [0.1, 0.15) is 17.2 Å². The molecule has 2 aromatic carbocycles. The second-order valence-corrected chi connectivity index (χ2v) is 6.40. The number of benzene rings is 2. The van der Waals surface area contributed by atoms with Gasteiger partial charge in [-0.3, -0.25) is 4.79 Å². The Morgan fingerprint density at radius 3 is 2.84 bits per heavy atom. The second-order valence-electron chi connectivity index (χ2n) is 6.40. The number of anilines is 1. The Morgan fingerprint density at radius 1 is 1.28 bits per heavy atom. The van der Waals surface area contributed by atoms with E-state index in [0.717, 1.165) is 36.5 Å². The zero-order chi connectivity index (χ0) is 17.6. The van der Waals surface area contributed by atoms with Gasteiger partial charge in [0.1, 0.15) is 5.75 Å². The van der Waals surface area contributed by atoms with Crippen LogP contribution in [0, 0.1) is 6.92 Å². The fraction of sp³-hybridized carbons (Fsp3) is 0.350. The molecule has 1 fully saturated rings. The fourth-order valence-corrected chi connectivity index (χ4v) is 2.78. The number of carbonyl (C=O) groups excluding carboxylic acids is 1. The summed E-state index contributed by atoms with van der Waals surface area (Å²) in [5.74, 6) is 0.507. The van der Waals surface area contributed by atoms with E-state index in [4.69, 9.17) is 9.47 Å². The standard InChI is InChI=1S/C20H24N2O3/c1-15-6-8-18(9-7-15)25-14-20(23)21-17-5-3-4-16(12-17)19-13-22(2)10-11-24-19/h3-9,12,19H,10-11,13-14H2,1-2H3,(H,21,23). The molecule has 1 atom stereocenters. The van der Waals surface area contributed by atoms with E-state index in [2.05, 4.69) is 17.3 Å². The Morgan fingerprint density at radius 2 is 2.08 bits per heavy atom. The smallest absolute Gasteiger partial charge is 0.262 e. The summed E-state index contributed by atoms with van der Waals surface area (Å²) >= 11 is 0. The average Bonchev–Trinajstić information content (AvgIpc) is 2.61. The van der Waals surface area contributed by atoms with Crippen molar-refractivity contribution in [1.29, 1.82) is 0 Å². The molecule has 1 unspecified atom stereocenters. The number of hydrogen-bond donors (Lipinski definition) is 1. The molecule has 0 radical (unpaired) electrons. The van der Waals surface area contributed by atoms with Crippen LogP contribution in [-0.2, 0) is 9.53 Å². The Labute approximate surface area is 148 Å². The van der Waals surface area contributed by atoms with E-state index in [0.29, 0.717) is 5.75 Å². The van der Waals surface area contributed by atoms with Gasteiger partial charge < -0.3 is 19.7 Å². The number of aryl methyl sites for hydroxylation is 1. The van der Waals surface area contributed by atoms with Gasteiger partial charge in [-0.2, -0.15) is 0 Å². The quantitative estimate of drug-likeness (QED) is 0.909. The Hall–Kier alpha value is -2.37. The third-order valence-electron chi connectivity index (χ3n) is 4.20. The highest BCUT2D eigenvalue weighted by molar-refractivity contribution is 5.91. The van der Waals surface area contributed by atoms with E-state index in [1.807, 2.05) is 55.5 Å². The van der Waals surface area contributed by atoms with Crippen LogP contribution in [0.15, 0.2) is 48.5 Å². The van der Waals surface area contributed by atoms with Crippen molar-refractivity contribution in [3.8, 4) is 5.75 Å². The predicted octanol–water partition coefficient (Wildman–Crippen LogP) is 3.02. The van der Waals surface area contributed by atoms with Gasteiger partial charge in [-0.25, -0.2) is 0 Å². The van der Waals surface area contributed by atoms with Gasteiger partial charge in [0, 0.05) is 18.8 Å². The van der Waals surface area contributed by atoms with Crippen LogP contribution in [0.25, 0.3) is 0 Å². The molecule has 1 amide bonds. The van der Waals surface area contributed by atoms with Gasteiger partial charge in [-0.1, -0.05) is 29.8 Å². The second kappa shape index (κ2) is 8.14. The van der Waals surface area contributed by atoms with Crippen molar-refractivity contribution in [3.05, 3.63) is 59.7 Å². The number of ether oxygens (including phenoxy) is 2. The summed E-state index contributed by atoms with van der Waals surface area (Å²) in [7, 11) is 2.09. The number of hydrogen-bond acceptors (Lipinski definition) is 4. The van der Waals surface area contributed by atoms with E-state index in [1.165, 1.54) is 0 Å². The van der Waals surface area contributed by atoms with Crippen molar-refractivity contribution < 1.29 is 14.3 Å². The van der Waals surface area contributed by atoms with E-state index < -0.39 is 0 Å². The summed E-state index contributed by atoms with van der Waals surface area (Å²) < 4.78 is 11.3. The number of carbonyl (C=O) groups is 1. The van der Waals surface area contributed by atoms with Crippen LogP contribution in [-0.4, -0.2) is 44.2 Å². The third-order valence-corrected chi connectivity index (χ3v) is 4.20. The summed E-state index contributed by atoms with van der Waals surface area (Å²) in [5.41, 5.74) is 2.99. The zero-order valence-electron chi connectivity index (χ0n) is 14.7. The van der Waals surface area contributed by atoms with Crippen molar-refractivity contribution in [2.24, 2.45) is 0 Å². The van der Waals surface area contributed by atoms with Gasteiger partial charge >= 0.3 is 0 Å². The maximum absolute atomic E-state index is 12.1. The summed E-state index contributed by atoms with van der Waals surface area (Å²) in [6.45, 7) is 4.52. The molecule has 0 aromatic heterocycles. The molecule has 5 nitrogen and oxygen atoms in total. The fourth-order valence-electron chi connectivity index (χ4n) is 2.78. The Bertz CT molecular complexity index is 715. The number of nitrogens with one attached hydrogen (secondary N) is 1. The van der Waals surface area contributed by atoms with Crippen molar-refractivity contribution >= 4 is 11.6 Å². The molecule has 0 aliphatic carbocycles. The molecule has 5 heteroatoms. The van der Waals surface area contributed by atoms with Gasteiger partial charge in [0.15, 0.2) is 6.61 Å². The SMILES string of the molecule is Cc1ccc(OCC(=O)Nc2cccc(C3CN(C)CCO3)c2)cc1. The van der Waals surface area contributed by atoms with Crippen LogP contribution < -0.4 is 10.1 Å². The molecule has 1 N–H and O–H groups in total. The Balaban J connectivity index is 1.56. The summed E-state index contributed by atoms with van der Waals surface area (Å²) in [5, 5.41) is 2.88. The van der Waals surface area contributed by atoms with E-state index in [9.17, 15) is 4.79 Å². The van der Waals surface area contributed by atoms with Gasteiger partial charge in [0.2, 0.25) is 0 Å². The lowest BCUT2D eigenvalue weighted by Crippen LogP contribution is -2.35. The number of rotatable bonds is 5. The van der Waals surface area contributed by atoms with Crippen LogP contribution in [0.5, 0.6) is 5.75 Å². The highest BCUT2D eigenvalue weighted by atomic mass is 16.5. The van der Waals surface area contributed by atoms with Crippen LogP contribution in [0.2, 0.25) is 0 Å². The van der Waals surface area contributed by atoms with Gasteiger partial charge in [-0.05, 0) is 43.8 Å². The van der Waals surface area contributed by atoms with E-state index in [1.54, 1.807) is 0 Å². The first kappa shape index (κ1) is 17.5. The van der Waals surface area contributed by atoms with Gasteiger partial charge in [-0.15, -0.1) is 0 Å². The maximum Gasteiger partial charge on any atom is 0.262 e. The molecule has 25 heavy (non-hydrogen) atoms. The first-order chi connectivity index (χ1) is 12.1. The highest BCUT2D eigenvalue weighted by Gasteiger charge is 2.19. The molecule has 1 aliphatic rings. The molecule has 1 aliphatic heterocycles. The summed E-state index contributed by atoms with van der Waals surface area (Å²) in [6, 6.07) is 15.4. The minimum atomic E-state index is -0.181. The summed E-state index contributed by atoms with van der Waals surface area (Å²) in [4.78, 5) is 14.4. The van der Waals surface area contributed by atoms with Gasteiger partial charge in [0.05, 0.1) is 12.7 Å². The van der Waals surface area contributed by atoms with E-state index in [-0.39, 0.29) is 18.6 Å². The Kier molecular flexibility index (Phi) is 5.68. The van der Waals surface area contributed by atoms with E-state index >= 15 is 0 Å². The van der Waals surface area contributed by atoms with Crippen LogP contribution in [0.4, 0.5) is 5.69 Å². The lowest BCUT2D eigenvalue weighted by Gasteiger charge is -2.30. The molecule has 132 valence electrons. The van der Waals surface area contributed by atoms with Gasteiger partial charge in [0.25, 0.3) is 5.91 Å². The normalized spacial score (nSPS) is 17.9. The van der Waals surface area contributed by atoms with Crippen LogP contribution in [0.3, 0.4) is 0 Å².